The number of hydrogen-bond acceptors (Lipinski definition) is 3. The van der Waals surface area contributed by atoms with Crippen LogP contribution in [-0.4, -0.2) is 25.1 Å². The van der Waals surface area contributed by atoms with E-state index in [1.165, 1.54) is 29.8 Å². The molecule has 142 valence electrons. The highest BCUT2D eigenvalue weighted by Crippen LogP contribution is 2.31. The average molecular weight is 392 g/mol. The predicted octanol–water partition coefficient (Wildman–Crippen LogP) is 4.47. The summed E-state index contributed by atoms with van der Waals surface area (Å²) >= 11 is 0. The minimum absolute atomic E-state index is 0.192. The molecule has 0 bridgehead atoms. The smallest absolute Gasteiger partial charge is 0.255 e. The average Bonchev–Trinajstić information content (AvgIpc) is 3.00. The number of benzene rings is 3. The van der Waals surface area contributed by atoms with E-state index in [1.807, 2.05) is 30.3 Å². The summed E-state index contributed by atoms with van der Waals surface area (Å²) in [4.78, 5) is 12.8. The molecule has 1 amide bonds. The summed E-state index contributed by atoms with van der Waals surface area (Å²) in [6.07, 6.45) is 1.14. The number of aryl methyl sites for hydroxylation is 1. The Morgan fingerprint density at radius 3 is 2.29 bits per heavy atom. The van der Waals surface area contributed by atoms with Gasteiger partial charge in [-0.15, -0.1) is 0 Å². The van der Waals surface area contributed by atoms with Crippen LogP contribution in [0.2, 0.25) is 0 Å². The maximum atomic E-state index is 12.6. The zero-order valence-electron chi connectivity index (χ0n) is 15.6. The van der Waals surface area contributed by atoms with E-state index in [0.717, 1.165) is 29.1 Å². The molecular formula is C22H20N2O3S. The number of hydrogen-bond donors (Lipinski definition) is 1. The van der Waals surface area contributed by atoms with Crippen molar-refractivity contribution in [3.63, 3.8) is 0 Å². The molecule has 1 heterocycles. The molecule has 4 aromatic rings. The van der Waals surface area contributed by atoms with Crippen molar-refractivity contribution in [2.75, 3.05) is 11.6 Å². The van der Waals surface area contributed by atoms with Gasteiger partial charge in [0.1, 0.15) is 0 Å². The second kappa shape index (κ2) is 6.80. The summed E-state index contributed by atoms with van der Waals surface area (Å²) in [5.41, 5.74) is 3.39. The lowest BCUT2D eigenvalue weighted by molar-refractivity contribution is 0.102. The number of carbonyl (C=O) groups is 1. The third-order valence-corrected chi connectivity index (χ3v) is 6.02. The van der Waals surface area contributed by atoms with Gasteiger partial charge in [-0.25, -0.2) is 8.42 Å². The van der Waals surface area contributed by atoms with Crippen molar-refractivity contribution >= 4 is 43.2 Å². The van der Waals surface area contributed by atoms with Crippen LogP contribution in [-0.2, 0) is 16.4 Å². The van der Waals surface area contributed by atoms with E-state index in [0.29, 0.717) is 11.3 Å². The molecule has 6 heteroatoms. The standard InChI is InChI=1S/C22H20N2O3S/c1-3-24-20-7-5-4-6-18(20)19-14-16(10-13-21(19)24)23-22(25)15-8-11-17(12-9-15)28(2,26)27/h4-14H,3H2,1-2H3,(H,23,25). The van der Waals surface area contributed by atoms with Crippen molar-refractivity contribution in [2.45, 2.75) is 18.4 Å². The second-order valence-corrected chi connectivity index (χ2v) is 8.76. The molecule has 0 unspecified atom stereocenters. The summed E-state index contributed by atoms with van der Waals surface area (Å²) in [6, 6.07) is 20.0. The maximum Gasteiger partial charge on any atom is 0.255 e. The molecule has 0 saturated carbocycles. The summed E-state index contributed by atoms with van der Waals surface area (Å²) in [7, 11) is -3.28. The number of aromatic nitrogens is 1. The van der Waals surface area contributed by atoms with E-state index in [-0.39, 0.29) is 10.8 Å². The van der Waals surface area contributed by atoms with Gasteiger partial charge in [0.2, 0.25) is 0 Å². The van der Waals surface area contributed by atoms with Crippen LogP contribution >= 0.6 is 0 Å². The summed E-state index contributed by atoms with van der Waals surface area (Å²) in [5, 5.41) is 5.13. The quantitative estimate of drug-likeness (QED) is 0.557. The SMILES string of the molecule is CCn1c2ccccc2c2cc(NC(=O)c3ccc(S(C)(=O)=O)cc3)ccc21. The van der Waals surface area contributed by atoms with E-state index in [1.54, 1.807) is 0 Å². The van der Waals surface area contributed by atoms with Crippen LogP contribution in [0, 0.1) is 0 Å². The lowest BCUT2D eigenvalue weighted by Gasteiger charge is -2.07. The number of nitrogens with one attached hydrogen (secondary N) is 1. The van der Waals surface area contributed by atoms with E-state index < -0.39 is 9.84 Å². The first-order valence-corrected chi connectivity index (χ1v) is 10.9. The minimum Gasteiger partial charge on any atom is -0.341 e. The largest absolute Gasteiger partial charge is 0.341 e. The van der Waals surface area contributed by atoms with E-state index in [2.05, 4.69) is 28.9 Å². The predicted molar refractivity (Wildman–Crippen MR) is 113 cm³/mol. The summed E-state index contributed by atoms with van der Waals surface area (Å²) < 4.78 is 25.4. The van der Waals surface area contributed by atoms with Gasteiger partial charge in [-0.1, -0.05) is 18.2 Å². The fourth-order valence-electron chi connectivity index (χ4n) is 3.53. The van der Waals surface area contributed by atoms with Crippen molar-refractivity contribution < 1.29 is 13.2 Å². The molecule has 1 aromatic heterocycles. The molecule has 3 aromatic carbocycles. The Bertz CT molecular complexity index is 1300. The molecule has 0 spiro atoms. The lowest BCUT2D eigenvalue weighted by atomic mass is 10.1. The van der Waals surface area contributed by atoms with E-state index >= 15 is 0 Å². The molecule has 4 rings (SSSR count). The van der Waals surface area contributed by atoms with Gasteiger partial charge < -0.3 is 9.88 Å². The van der Waals surface area contributed by atoms with Crippen molar-refractivity contribution in [3.05, 3.63) is 72.3 Å². The molecule has 0 aliphatic rings. The normalized spacial score (nSPS) is 11.8. The molecular weight excluding hydrogens is 372 g/mol. The lowest BCUT2D eigenvalue weighted by Crippen LogP contribution is -2.12. The Balaban J connectivity index is 1.68. The van der Waals surface area contributed by atoms with Crippen LogP contribution in [0.5, 0.6) is 0 Å². The third-order valence-electron chi connectivity index (χ3n) is 4.89. The molecule has 0 atom stereocenters. The fraction of sp³-hybridized carbons (Fsp3) is 0.136. The Morgan fingerprint density at radius 1 is 0.929 bits per heavy atom. The maximum absolute atomic E-state index is 12.6. The second-order valence-electron chi connectivity index (χ2n) is 6.74. The number of nitrogens with zero attached hydrogens (tertiary/aromatic N) is 1. The first-order valence-electron chi connectivity index (χ1n) is 9.01. The van der Waals surface area contributed by atoms with Crippen molar-refractivity contribution in [1.29, 1.82) is 0 Å². The van der Waals surface area contributed by atoms with Gasteiger partial charge in [0, 0.05) is 45.9 Å². The molecule has 1 N–H and O–H groups in total. The van der Waals surface area contributed by atoms with Crippen LogP contribution in [0.3, 0.4) is 0 Å². The summed E-state index contributed by atoms with van der Waals surface area (Å²) in [6.45, 7) is 2.98. The Kier molecular flexibility index (Phi) is 4.43. The van der Waals surface area contributed by atoms with E-state index in [9.17, 15) is 13.2 Å². The zero-order valence-corrected chi connectivity index (χ0v) is 16.5. The molecule has 0 aliphatic heterocycles. The zero-order chi connectivity index (χ0) is 19.9. The molecule has 28 heavy (non-hydrogen) atoms. The Morgan fingerprint density at radius 2 is 1.61 bits per heavy atom. The minimum atomic E-state index is -3.28. The molecule has 5 nitrogen and oxygen atoms in total. The molecule has 0 fully saturated rings. The Hall–Kier alpha value is -3.12. The van der Waals surface area contributed by atoms with Gasteiger partial charge in [-0.3, -0.25) is 4.79 Å². The number of carbonyl (C=O) groups excluding carboxylic acids is 1. The van der Waals surface area contributed by atoms with Crippen molar-refractivity contribution in [1.82, 2.24) is 4.57 Å². The van der Waals surface area contributed by atoms with E-state index in [4.69, 9.17) is 0 Å². The highest BCUT2D eigenvalue weighted by molar-refractivity contribution is 7.90. The van der Waals surface area contributed by atoms with Crippen LogP contribution in [0.25, 0.3) is 21.8 Å². The summed E-state index contributed by atoms with van der Waals surface area (Å²) in [5.74, 6) is -0.279. The number of amides is 1. The number of para-hydroxylation sites is 1. The van der Waals surface area contributed by atoms with Crippen LogP contribution in [0.1, 0.15) is 17.3 Å². The number of rotatable bonds is 4. The van der Waals surface area contributed by atoms with Crippen LogP contribution in [0.4, 0.5) is 5.69 Å². The Labute approximate surface area is 163 Å². The first kappa shape index (κ1) is 18.3. The fourth-order valence-corrected chi connectivity index (χ4v) is 4.16. The van der Waals surface area contributed by atoms with Crippen molar-refractivity contribution in [2.24, 2.45) is 0 Å². The van der Waals surface area contributed by atoms with Crippen molar-refractivity contribution in [3.8, 4) is 0 Å². The highest BCUT2D eigenvalue weighted by Gasteiger charge is 2.13. The number of anilines is 1. The number of sulfone groups is 1. The molecule has 0 aliphatic carbocycles. The number of fused-ring (bicyclic) bond motifs is 3. The van der Waals surface area contributed by atoms with Crippen LogP contribution in [0.15, 0.2) is 71.6 Å². The van der Waals surface area contributed by atoms with Gasteiger partial charge in [-0.2, -0.15) is 0 Å². The van der Waals surface area contributed by atoms with Gasteiger partial charge in [0.25, 0.3) is 5.91 Å². The van der Waals surface area contributed by atoms with Crippen LogP contribution < -0.4 is 5.32 Å². The highest BCUT2D eigenvalue weighted by atomic mass is 32.2. The molecule has 0 saturated heterocycles. The first-order chi connectivity index (χ1) is 13.4. The van der Waals surface area contributed by atoms with Gasteiger partial charge >= 0.3 is 0 Å². The van der Waals surface area contributed by atoms with Gasteiger partial charge in [0.05, 0.1) is 4.90 Å². The molecule has 0 radical (unpaired) electrons. The van der Waals surface area contributed by atoms with Gasteiger partial charge in [0.15, 0.2) is 9.84 Å². The monoisotopic (exact) mass is 392 g/mol. The van der Waals surface area contributed by atoms with Gasteiger partial charge in [-0.05, 0) is 55.5 Å². The topological polar surface area (TPSA) is 68.2 Å². The third kappa shape index (κ3) is 3.16.